The highest BCUT2D eigenvalue weighted by molar-refractivity contribution is 5.93. The number of carbonyl (C=O) groups is 1. The number of aromatic nitrogens is 3. The highest BCUT2D eigenvalue weighted by Gasteiger charge is 2.14. The van der Waals surface area contributed by atoms with Gasteiger partial charge in [-0.2, -0.15) is 0 Å². The second-order valence-corrected chi connectivity index (χ2v) is 7.64. The summed E-state index contributed by atoms with van der Waals surface area (Å²) in [5, 5.41) is 6.09. The topological polar surface area (TPSA) is 79.8 Å². The number of rotatable bonds is 5. The molecular weight excluding hydrogens is 350 g/mol. The van der Waals surface area contributed by atoms with Gasteiger partial charge in [-0.15, -0.1) is 0 Å². The molecule has 0 unspecified atom stereocenters. The minimum absolute atomic E-state index is 0.100. The van der Waals surface area contributed by atoms with E-state index in [1.807, 2.05) is 30.3 Å². The Morgan fingerprint density at radius 3 is 2.43 bits per heavy atom. The molecule has 0 saturated carbocycles. The maximum Gasteiger partial charge on any atom is 0.270 e. The zero-order valence-corrected chi connectivity index (χ0v) is 16.7. The van der Waals surface area contributed by atoms with E-state index in [1.165, 1.54) is 5.56 Å². The average Bonchev–Trinajstić information content (AvgIpc) is 2.66. The first-order chi connectivity index (χ1) is 13.3. The Hall–Kier alpha value is -3.28. The number of amides is 1. The Bertz CT molecular complexity index is 947. The molecule has 1 aromatic carbocycles. The molecule has 2 aromatic heterocycles. The molecule has 3 rings (SSSR count). The average molecular weight is 375 g/mol. The van der Waals surface area contributed by atoms with Crippen molar-refractivity contribution >= 4 is 17.4 Å². The summed E-state index contributed by atoms with van der Waals surface area (Å²) in [6, 6.07) is 15.4. The predicted molar refractivity (Wildman–Crippen MR) is 111 cm³/mol. The van der Waals surface area contributed by atoms with Crippen molar-refractivity contribution in [3.63, 3.8) is 0 Å². The SMILES string of the molecule is Cc1nc(Nc2ccc(C(C)(C)C)cc2)cc(C(=O)NCc2ccccn2)n1. The standard InChI is InChI=1S/C22H25N5O/c1-15-25-19(21(28)24-14-18-7-5-6-12-23-18)13-20(26-15)27-17-10-8-16(9-11-17)22(2,3)4/h5-13H,14H2,1-4H3,(H,24,28)(H,25,26,27). The predicted octanol–water partition coefficient (Wildman–Crippen LogP) is 4.15. The molecule has 0 fully saturated rings. The summed E-state index contributed by atoms with van der Waals surface area (Å²) < 4.78 is 0. The number of aryl methyl sites for hydroxylation is 1. The van der Waals surface area contributed by atoms with Crippen molar-refractivity contribution in [2.75, 3.05) is 5.32 Å². The Balaban J connectivity index is 1.71. The van der Waals surface area contributed by atoms with E-state index in [9.17, 15) is 4.79 Å². The summed E-state index contributed by atoms with van der Waals surface area (Å²) >= 11 is 0. The minimum atomic E-state index is -0.262. The summed E-state index contributed by atoms with van der Waals surface area (Å²) in [4.78, 5) is 25.3. The van der Waals surface area contributed by atoms with Gasteiger partial charge < -0.3 is 10.6 Å². The lowest BCUT2D eigenvalue weighted by molar-refractivity contribution is 0.0945. The van der Waals surface area contributed by atoms with Crippen LogP contribution in [-0.2, 0) is 12.0 Å². The number of benzene rings is 1. The largest absolute Gasteiger partial charge is 0.345 e. The maximum atomic E-state index is 12.5. The van der Waals surface area contributed by atoms with Gasteiger partial charge in [0, 0.05) is 18.0 Å². The first-order valence-corrected chi connectivity index (χ1v) is 9.22. The van der Waals surface area contributed by atoms with E-state index in [0.29, 0.717) is 23.9 Å². The fraction of sp³-hybridized carbons (Fsp3) is 0.273. The van der Waals surface area contributed by atoms with Crippen LogP contribution >= 0.6 is 0 Å². The van der Waals surface area contributed by atoms with E-state index >= 15 is 0 Å². The van der Waals surface area contributed by atoms with Crippen molar-refractivity contribution in [1.29, 1.82) is 0 Å². The maximum absolute atomic E-state index is 12.5. The second kappa shape index (κ2) is 8.17. The zero-order chi connectivity index (χ0) is 20.1. The van der Waals surface area contributed by atoms with E-state index in [4.69, 9.17) is 0 Å². The normalized spacial score (nSPS) is 11.1. The fourth-order valence-corrected chi connectivity index (χ4v) is 2.71. The van der Waals surface area contributed by atoms with E-state index in [0.717, 1.165) is 11.4 Å². The van der Waals surface area contributed by atoms with Gasteiger partial charge in [-0.25, -0.2) is 9.97 Å². The van der Waals surface area contributed by atoms with Gasteiger partial charge >= 0.3 is 0 Å². The molecule has 2 heterocycles. The lowest BCUT2D eigenvalue weighted by Gasteiger charge is -2.19. The molecule has 0 saturated heterocycles. The number of anilines is 2. The van der Waals surface area contributed by atoms with Crippen molar-refractivity contribution in [2.24, 2.45) is 0 Å². The van der Waals surface area contributed by atoms with Crippen LogP contribution in [0.3, 0.4) is 0 Å². The summed E-state index contributed by atoms with van der Waals surface area (Å²) in [6.45, 7) is 8.65. The molecule has 0 atom stereocenters. The molecule has 0 aliphatic carbocycles. The monoisotopic (exact) mass is 375 g/mol. The number of pyridine rings is 1. The second-order valence-electron chi connectivity index (χ2n) is 7.64. The van der Waals surface area contributed by atoms with Crippen LogP contribution in [0.5, 0.6) is 0 Å². The van der Waals surface area contributed by atoms with Crippen LogP contribution in [0.15, 0.2) is 54.7 Å². The van der Waals surface area contributed by atoms with Crippen LogP contribution in [0, 0.1) is 6.92 Å². The van der Waals surface area contributed by atoms with Crippen molar-refractivity contribution in [3.8, 4) is 0 Å². The van der Waals surface area contributed by atoms with E-state index < -0.39 is 0 Å². The van der Waals surface area contributed by atoms with E-state index in [-0.39, 0.29) is 11.3 Å². The van der Waals surface area contributed by atoms with Crippen molar-refractivity contribution in [3.05, 3.63) is 77.5 Å². The quantitative estimate of drug-likeness (QED) is 0.700. The number of nitrogens with one attached hydrogen (secondary N) is 2. The Morgan fingerprint density at radius 2 is 1.79 bits per heavy atom. The molecule has 0 spiro atoms. The molecule has 2 N–H and O–H groups in total. The van der Waals surface area contributed by atoms with Gasteiger partial charge in [0.05, 0.1) is 12.2 Å². The van der Waals surface area contributed by atoms with E-state index in [1.54, 1.807) is 19.2 Å². The number of hydrogen-bond donors (Lipinski definition) is 2. The Kier molecular flexibility index (Phi) is 5.68. The van der Waals surface area contributed by atoms with Gasteiger partial charge in [0.1, 0.15) is 17.3 Å². The van der Waals surface area contributed by atoms with Crippen LogP contribution in [0.4, 0.5) is 11.5 Å². The highest BCUT2D eigenvalue weighted by atomic mass is 16.1. The number of carbonyl (C=O) groups excluding carboxylic acids is 1. The highest BCUT2D eigenvalue weighted by Crippen LogP contribution is 2.24. The third-order valence-electron chi connectivity index (χ3n) is 4.25. The fourth-order valence-electron chi connectivity index (χ4n) is 2.71. The summed E-state index contributed by atoms with van der Waals surface area (Å²) in [5.74, 6) is 0.848. The summed E-state index contributed by atoms with van der Waals surface area (Å²) in [5.41, 5.74) is 3.37. The van der Waals surface area contributed by atoms with Crippen molar-refractivity contribution < 1.29 is 4.79 Å². The van der Waals surface area contributed by atoms with Crippen LogP contribution in [0.2, 0.25) is 0 Å². The molecule has 28 heavy (non-hydrogen) atoms. The van der Waals surface area contributed by atoms with Gasteiger partial charge in [-0.1, -0.05) is 39.0 Å². The molecule has 144 valence electrons. The van der Waals surface area contributed by atoms with Gasteiger partial charge in [-0.05, 0) is 42.2 Å². The molecule has 0 radical (unpaired) electrons. The lowest BCUT2D eigenvalue weighted by Crippen LogP contribution is -2.24. The van der Waals surface area contributed by atoms with Crippen LogP contribution in [0.1, 0.15) is 48.3 Å². The zero-order valence-electron chi connectivity index (χ0n) is 16.7. The van der Waals surface area contributed by atoms with Gasteiger partial charge in [0.15, 0.2) is 0 Å². The first-order valence-electron chi connectivity index (χ1n) is 9.22. The lowest BCUT2D eigenvalue weighted by atomic mass is 9.87. The van der Waals surface area contributed by atoms with Crippen molar-refractivity contribution in [1.82, 2.24) is 20.3 Å². The van der Waals surface area contributed by atoms with Crippen molar-refractivity contribution in [2.45, 2.75) is 39.7 Å². The Labute approximate surface area is 165 Å². The first kappa shape index (κ1) is 19.5. The van der Waals surface area contributed by atoms with Gasteiger partial charge in [0.25, 0.3) is 5.91 Å². The van der Waals surface area contributed by atoms with Crippen LogP contribution in [0.25, 0.3) is 0 Å². The molecule has 1 amide bonds. The molecule has 0 aliphatic rings. The number of hydrogen-bond acceptors (Lipinski definition) is 5. The third-order valence-corrected chi connectivity index (χ3v) is 4.25. The molecule has 0 aliphatic heterocycles. The van der Waals surface area contributed by atoms with Gasteiger partial charge in [-0.3, -0.25) is 9.78 Å². The van der Waals surface area contributed by atoms with Crippen LogP contribution < -0.4 is 10.6 Å². The van der Waals surface area contributed by atoms with E-state index in [2.05, 4.69) is 58.5 Å². The molecule has 0 bridgehead atoms. The minimum Gasteiger partial charge on any atom is -0.345 e. The third kappa shape index (κ3) is 5.13. The smallest absolute Gasteiger partial charge is 0.270 e. The summed E-state index contributed by atoms with van der Waals surface area (Å²) in [6.07, 6.45) is 1.70. The molecule has 3 aromatic rings. The molecule has 6 nitrogen and oxygen atoms in total. The van der Waals surface area contributed by atoms with Gasteiger partial charge in [0.2, 0.25) is 0 Å². The molecule has 6 heteroatoms. The summed E-state index contributed by atoms with van der Waals surface area (Å²) in [7, 11) is 0. The van der Waals surface area contributed by atoms with Crippen LogP contribution in [-0.4, -0.2) is 20.9 Å². The number of nitrogens with zero attached hydrogens (tertiary/aromatic N) is 3. The molecular formula is C22H25N5O. The Morgan fingerprint density at radius 1 is 1.04 bits per heavy atom.